The van der Waals surface area contributed by atoms with Crippen LogP contribution in [0, 0.1) is 18.7 Å². The van der Waals surface area contributed by atoms with Crippen molar-refractivity contribution < 1.29 is 18.4 Å². The first-order valence-corrected chi connectivity index (χ1v) is 15.9. The third kappa shape index (κ3) is 7.09. The first-order chi connectivity index (χ1) is 21.3. The molecule has 2 amide bonds. The number of hydrogen-bond donors (Lipinski definition) is 1. The minimum atomic E-state index is -0.333. The largest absolute Gasteiger partial charge is 0.455 e. The third-order valence-corrected chi connectivity index (χ3v) is 8.58. The number of terminal acetylenes is 1. The molecule has 5 aromatic rings. The molecular formula is C33H33BrFN5O3S. The maximum Gasteiger partial charge on any atom is 0.274 e. The summed E-state index contributed by atoms with van der Waals surface area (Å²) in [7, 11) is 3.53. The molecule has 6 rings (SSSR count). The summed E-state index contributed by atoms with van der Waals surface area (Å²) in [5.41, 5.74) is 4.03. The monoisotopic (exact) mass is 677 g/mol. The van der Waals surface area contributed by atoms with E-state index in [9.17, 15) is 14.0 Å². The van der Waals surface area contributed by atoms with E-state index in [-0.39, 0.29) is 17.6 Å². The molecule has 1 saturated heterocycles. The molecule has 11 heteroatoms. The number of aromatic nitrogens is 2. The van der Waals surface area contributed by atoms with E-state index >= 15 is 0 Å². The van der Waals surface area contributed by atoms with Gasteiger partial charge >= 0.3 is 0 Å². The molecule has 1 aliphatic heterocycles. The van der Waals surface area contributed by atoms with E-state index < -0.39 is 0 Å². The number of fused-ring (bicyclic) bond motifs is 2. The van der Waals surface area contributed by atoms with E-state index in [2.05, 4.69) is 39.1 Å². The summed E-state index contributed by atoms with van der Waals surface area (Å²) in [6.45, 7) is 1.71. The van der Waals surface area contributed by atoms with Crippen molar-refractivity contribution in [3.05, 3.63) is 88.5 Å². The highest BCUT2D eigenvalue weighted by atomic mass is 79.9. The van der Waals surface area contributed by atoms with Gasteiger partial charge in [0, 0.05) is 56.7 Å². The van der Waals surface area contributed by atoms with E-state index in [1.165, 1.54) is 18.6 Å². The molecule has 1 fully saturated rings. The van der Waals surface area contributed by atoms with E-state index in [1.54, 1.807) is 37.3 Å². The van der Waals surface area contributed by atoms with Gasteiger partial charge in [-0.1, -0.05) is 18.0 Å². The number of pyridine rings is 1. The highest BCUT2D eigenvalue weighted by Crippen LogP contribution is 2.36. The van der Waals surface area contributed by atoms with Crippen LogP contribution in [0.1, 0.15) is 40.1 Å². The van der Waals surface area contributed by atoms with Crippen LogP contribution in [0.25, 0.3) is 27.9 Å². The molecule has 44 heavy (non-hydrogen) atoms. The fraction of sp³-hybridized carbons (Fsp3) is 0.242. The Hall–Kier alpha value is -4.27. The zero-order chi connectivity index (χ0) is 31.8. The Morgan fingerprint density at radius 3 is 2.41 bits per heavy atom. The predicted octanol–water partition coefficient (Wildman–Crippen LogP) is 7.29. The number of nitrogens with one attached hydrogen (secondary N) is 1. The molecule has 0 atom stereocenters. The van der Waals surface area contributed by atoms with Gasteiger partial charge in [-0.2, -0.15) is 0 Å². The van der Waals surface area contributed by atoms with E-state index in [0.717, 1.165) is 47.3 Å². The Bertz CT molecular complexity index is 1780. The summed E-state index contributed by atoms with van der Waals surface area (Å²) in [6.07, 6.45) is 15.2. The van der Waals surface area contributed by atoms with Gasteiger partial charge in [0.25, 0.3) is 11.8 Å². The number of hydrogen-bond acceptors (Lipinski definition) is 6. The highest BCUT2D eigenvalue weighted by Gasteiger charge is 2.23. The predicted molar refractivity (Wildman–Crippen MR) is 179 cm³/mol. The van der Waals surface area contributed by atoms with Crippen molar-refractivity contribution in [2.24, 2.45) is 0 Å². The molecule has 0 unspecified atom stereocenters. The Morgan fingerprint density at radius 2 is 1.77 bits per heavy atom. The Morgan fingerprint density at radius 1 is 1.07 bits per heavy atom. The SMILES string of the molecule is C#C.CNC(=O)c1c(-c2ccc(F)cc2)oc2cc(N(C)SC)ccc12.O=C(c1cn2c(Br)cccc2n1)N1CCCCC1. The van der Waals surface area contributed by atoms with Crippen molar-refractivity contribution in [1.82, 2.24) is 19.6 Å². The van der Waals surface area contributed by atoms with Gasteiger partial charge in [0.2, 0.25) is 0 Å². The third-order valence-electron chi connectivity index (χ3n) is 7.18. The van der Waals surface area contributed by atoms with Gasteiger partial charge in [0.15, 0.2) is 0 Å². The standard InChI is InChI=1S/C18H17FN2O2S.C13H14BrN3O.C2H2/c1-20-18(22)16-14-9-8-13(21(2)24-3)10-15(14)23-17(16)11-4-6-12(19)7-5-11;14-11-5-4-6-12-15-10(9-17(11)12)13(18)16-7-2-1-3-8-16;1-2/h4-10H,1-3H3,(H,20,22);4-6,9H,1-3,7-8H2;1-2H. The van der Waals surface area contributed by atoms with E-state index in [1.807, 2.05) is 63.3 Å². The lowest BCUT2D eigenvalue weighted by Crippen LogP contribution is -2.35. The fourth-order valence-corrected chi connectivity index (χ4v) is 5.64. The van der Waals surface area contributed by atoms with Crippen LogP contribution in [0.15, 0.2) is 75.9 Å². The van der Waals surface area contributed by atoms with Crippen molar-refractivity contribution in [2.75, 3.05) is 37.7 Å². The zero-order valence-corrected chi connectivity index (χ0v) is 27.1. The molecule has 0 radical (unpaired) electrons. The molecule has 1 aliphatic rings. The number of halogens is 2. The summed E-state index contributed by atoms with van der Waals surface area (Å²) in [6, 6.07) is 17.4. The van der Waals surface area contributed by atoms with Crippen molar-refractivity contribution >= 4 is 62.0 Å². The molecule has 8 nitrogen and oxygen atoms in total. The number of rotatable bonds is 5. The molecule has 0 saturated carbocycles. The summed E-state index contributed by atoms with van der Waals surface area (Å²) in [5, 5.41) is 3.37. The molecular weight excluding hydrogens is 645 g/mol. The molecule has 2 aromatic carbocycles. The first-order valence-electron chi connectivity index (χ1n) is 13.9. The average Bonchev–Trinajstić information content (AvgIpc) is 3.68. The number of carbonyl (C=O) groups is 2. The molecule has 1 N–H and O–H groups in total. The van der Waals surface area contributed by atoms with Gasteiger partial charge in [0.1, 0.15) is 28.5 Å². The lowest BCUT2D eigenvalue weighted by atomic mass is 10.0. The first kappa shape index (κ1) is 32.6. The van der Waals surface area contributed by atoms with Crippen LogP contribution < -0.4 is 9.62 Å². The number of benzene rings is 2. The van der Waals surface area contributed by atoms with Gasteiger partial charge in [-0.15, -0.1) is 12.8 Å². The highest BCUT2D eigenvalue weighted by molar-refractivity contribution is 9.10. The van der Waals surface area contributed by atoms with Gasteiger partial charge in [0.05, 0.1) is 15.9 Å². The van der Waals surface area contributed by atoms with E-state index in [0.29, 0.717) is 28.2 Å². The zero-order valence-electron chi connectivity index (χ0n) is 24.7. The number of piperidine rings is 1. The van der Waals surface area contributed by atoms with Crippen molar-refractivity contribution in [3.8, 4) is 24.2 Å². The number of carbonyl (C=O) groups excluding carboxylic acids is 2. The number of furan rings is 1. The quantitative estimate of drug-likeness (QED) is 0.120. The summed E-state index contributed by atoms with van der Waals surface area (Å²) in [5.74, 6) is -0.0853. The van der Waals surface area contributed by atoms with Gasteiger partial charge < -0.3 is 18.9 Å². The minimum absolute atomic E-state index is 0.0466. The Kier molecular flexibility index (Phi) is 11.1. The van der Waals surface area contributed by atoms with Crippen LogP contribution in [0.3, 0.4) is 0 Å². The minimum Gasteiger partial charge on any atom is -0.455 e. The van der Waals surface area contributed by atoms with Crippen LogP contribution in [0.2, 0.25) is 0 Å². The van der Waals surface area contributed by atoms with E-state index in [4.69, 9.17) is 4.42 Å². The molecule has 0 bridgehead atoms. The topological polar surface area (TPSA) is 83.1 Å². The summed E-state index contributed by atoms with van der Waals surface area (Å²) in [4.78, 5) is 31.0. The fourth-order valence-electron chi connectivity index (χ4n) is 4.88. The number of amides is 2. The smallest absolute Gasteiger partial charge is 0.274 e. The number of nitrogens with zero attached hydrogens (tertiary/aromatic N) is 4. The molecule has 3 aromatic heterocycles. The Labute approximate surface area is 268 Å². The van der Waals surface area contributed by atoms with Crippen LogP contribution in [0.4, 0.5) is 10.1 Å². The van der Waals surface area contributed by atoms with Crippen molar-refractivity contribution in [3.63, 3.8) is 0 Å². The second-order valence-corrected chi connectivity index (χ2v) is 11.5. The van der Waals surface area contributed by atoms with Crippen molar-refractivity contribution in [1.29, 1.82) is 0 Å². The number of anilines is 1. The van der Waals surface area contributed by atoms with Crippen LogP contribution in [-0.4, -0.2) is 59.5 Å². The average molecular weight is 679 g/mol. The van der Waals surface area contributed by atoms with Crippen LogP contribution >= 0.6 is 27.9 Å². The van der Waals surface area contributed by atoms with Gasteiger partial charge in [-0.25, -0.2) is 9.37 Å². The van der Waals surface area contributed by atoms with Gasteiger partial charge in [-0.3, -0.25) is 14.0 Å². The van der Waals surface area contributed by atoms with Crippen LogP contribution in [0.5, 0.6) is 0 Å². The molecule has 228 valence electrons. The van der Waals surface area contributed by atoms with Crippen LogP contribution in [-0.2, 0) is 0 Å². The molecule has 0 spiro atoms. The summed E-state index contributed by atoms with van der Waals surface area (Å²) >= 11 is 5.03. The van der Waals surface area contributed by atoms with Gasteiger partial charge in [-0.05, 0) is 83.7 Å². The summed E-state index contributed by atoms with van der Waals surface area (Å²) < 4.78 is 24.0. The second-order valence-electron chi connectivity index (χ2n) is 9.81. The second kappa shape index (κ2) is 14.9. The normalized spacial score (nSPS) is 12.6. The Balaban J connectivity index is 0.000000197. The molecule has 4 heterocycles. The number of likely N-dealkylation sites (tertiary alicyclic amines) is 1. The maximum absolute atomic E-state index is 13.2. The van der Waals surface area contributed by atoms with Crippen molar-refractivity contribution in [2.45, 2.75) is 19.3 Å². The maximum atomic E-state index is 13.2. The lowest BCUT2D eigenvalue weighted by molar-refractivity contribution is 0.0719. The lowest BCUT2D eigenvalue weighted by Gasteiger charge is -2.25. The number of imidazole rings is 1. The molecule has 0 aliphatic carbocycles.